The maximum atomic E-state index is 8.50. The van der Waals surface area contributed by atoms with Crippen LogP contribution in [0.3, 0.4) is 0 Å². The van der Waals surface area contributed by atoms with E-state index in [0.717, 1.165) is 32.2 Å². The van der Waals surface area contributed by atoms with Crippen LogP contribution >= 0.6 is 0 Å². The molecule has 1 saturated carbocycles. The third-order valence-electron chi connectivity index (χ3n) is 2.19. The second-order valence-electron chi connectivity index (χ2n) is 3.31. The van der Waals surface area contributed by atoms with Crippen LogP contribution in [0.5, 0.6) is 0 Å². The number of nitrogens with one attached hydrogen (secondary N) is 1. The Bertz CT molecular complexity index is 102. The Balaban J connectivity index is 1.81. The molecule has 66 valence electrons. The summed E-state index contributed by atoms with van der Waals surface area (Å²) in [6.07, 6.45) is 4.23. The van der Waals surface area contributed by atoms with Gasteiger partial charge in [-0.15, -0.1) is 0 Å². The normalized spacial score (nSPS) is 30.0. The van der Waals surface area contributed by atoms with Crippen LogP contribution < -0.4 is 11.1 Å². The molecule has 0 spiro atoms. The first-order valence-electron chi connectivity index (χ1n) is 4.42. The maximum absolute atomic E-state index is 8.50. The van der Waals surface area contributed by atoms with Gasteiger partial charge in [-0.2, -0.15) is 0 Å². The van der Waals surface area contributed by atoms with E-state index in [-0.39, 0.29) is 0 Å². The van der Waals surface area contributed by atoms with E-state index < -0.39 is 0 Å². The number of hydrogen-bond acceptors (Lipinski definition) is 3. The highest BCUT2D eigenvalue weighted by Gasteiger charge is 2.24. The van der Waals surface area contributed by atoms with Crippen LogP contribution in [0.15, 0.2) is 0 Å². The molecule has 1 fully saturated rings. The van der Waals surface area contributed by atoms with Gasteiger partial charge < -0.3 is 16.2 Å². The van der Waals surface area contributed by atoms with Crippen LogP contribution in [0.25, 0.3) is 0 Å². The molecular weight excluding hydrogens is 140 g/mol. The van der Waals surface area contributed by atoms with Crippen molar-refractivity contribution in [2.45, 2.75) is 37.8 Å². The van der Waals surface area contributed by atoms with Crippen molar-refractivity contribution in [3.63, 3.8) is 0 Å². The summed E-state index contributed by atoms with van der Waals surface area (Å²) in [6.45, 7) is 1.34. The van der Waals surface area contributed by atoms with E-state index in [1.807, 2.05) is 0 Å². The third kappa shape index (κ3) is 3.18. The SMILES string of the molecule is NC1CC(NCCCCO)C1. The van der Waals surface area contributed by atoms with E-state index in [0.29, 0.717) is 18.7 Å². The fourth-order valence-electron chi connectivity index (χ4n) is 1.37. The van der Waals surface area contributed by atoms with Crippen LogP contribution in [0.2, 0.25) is 0 Å². The van der Waals surface area contributed by atoms with E-state index >= 15 is 0 Å². The van der Waals surface area contributed by atoms with E-state index in [1.165, 1.54) is 0 Å². The smallest absolute Gasteiger partial charge is 0.0431 e. The molecule has 0 aromatic heterocycles. The summed E-state index contributed by atoms with van der Waals surface area (Å²) < 4.78 is 0. The van der Waals surface area contributed by atoms with Crippen LogP contribution in [-0.2, 0) is 0 Å². The maximum Gasteiger partial charge on any atom is 0.0431 e. The predicted octanol–water partition coefficient (Wildman–Crippen LogP) is -0.162. The van der Waals surface area contributed by atoms with Crippen LogP contribution in [-0.4, -0.2) is 30.3 Å². The topological polar surface area (TPSA) is 58.3 Å². The molecule has 0 saturated heterocycles. The van der Waals surface area contributed by atoms with Gasteiger partial charge in [-0.1, -0.05) is 0 Å². The lowest BCUT2D eigenvalue weighted by Gasteiger charge is -2.33. The standard InChI is InChI=1S/C8H18N2O/c9-7-5-8(6-7)10-3-1-2-4-11/h7-8,10-11H,1-6,9H2. The highest BCUT2D eigenvalue weighted by Crippen LogP contribution is 2.16. The molecule has 0 amide bonds. The monoisotopic (exact) mass is 158 g/mol. The van der Waals surface area contributed by atoms with Crippen molar-refractivity contribution in [2.24, 2.45) is 5.73 Å². The Labute approximate surface area is 68.0 Å². The second kappa shape index (κ2) is 4.70. The zero-order valence-corrected chi connectivity index (χ0v) is 6.92. The van der Waals surface area contributed by atoms with E-state index in [4.69, 9.17) is 10.8 Å². The van der Waals surface area contributed by atoms with Gasteiger partial charge in [0.2, 0.25) is 0 Å². The van der Waals surface area contributed by atoms with Gasteiger partial charge in [0.05, 0.1) is 0 Å². The van der Waals surface area contributed by atoms with Gasteiger partial charge in [-0.05, 0) is 32.2 Å². The van der Waals surface area contributed by atoms with Gasteiger partial charge >= 0.3 is 0 Å². The van der Waals surface area contributed by atoms with Gasteiger partial charge in [0.15, 0.2) is 0 Å². The van der Waals surface area contributed by atoms with Crippen molar-refractivity contribution in [1.82, 2.24) is 5.32 Å². The average molecular weight is 158 g/mol. The lowest BCUT2D eigenvalue weighted by molar-refractivity contribution is 0.268. The van der Waals surface area contributed by atoms with Crippen molar-refractivity contribution in [3.05, 3.63) is 0 Å². The molecule has 0 heterocycles. The first kappa shape index (κ1) is 8.97. The van der Waals surface area contributed by atoms with Crippen molar-refractivity contribution in [2.75, 3.05) is 13.2 Å². The van der Waals surface area contributed by atoms with Gasteiger partial charge in [-0.3, -0.25) is 0 Å². The summed E-state index contributed by atoms with van der Waals surface area (Å²) in [5, 5.41) is 11.9. The number of rotatable bonds is 5. The molecule has 0 aliphatic heterocycles. The van der Waals surface area contributed by atoms with E-state index in [9.17, 15) is 0 Å². The molecule has 0 aromatic carbocycles. The minimum Gasteiger partial charge on any atom is -0.396 e. The molecular formula is C8H18N2O. The van der Waals surface area contributed by atoms with E-state index in [1.54, 1.807) is 0 Å². The summed E-state index contributed by atoms with van der Waals surface area (Å²) >= 11 is 0. The van der Waals surface area contributed by atoms with Crippen molar-refractivity contribution in [1.29, 1.82) is 0 Å². The first-order valence-corrected chi connectivity index (χ1v) is 4.42. The molecule has 3 heteroatoms. The lowest BCUT2D eigenvalue weighted by Crippen LogP contribution is -2.48. The zero-order valence-electron chi connectivity index (χ0n) is 6.92. The highest BCUT2D eigenvalue weighted by atomic mass is 16.2. The van der Waals surface area contributed by atoms with Crippen LogP contribution in [0.4, 0.5) is 0 Å². The number of unbranched alkanes of at least 4 members (excludes halogenated alkanes) is 1. The Hall–Kier alpha value is -0.120. The van der Waals surface area contributed by atoms with Crippen molar-refractivity contribution >= 4 is 0 Å². The van der Waals surface area contributed by atoms with E-state index in [2.05, 4.69) is 5.32 Å². The molecule has 0 atom stereocenters. The highest BCUT2D eigenvalue weighted by molar-refractivity contribution is 4.87. The quantitative estimate of drug-likeness (QED) is 0.487. The minimum absolute atomic E-state index is 0.311. The largest absolute Gasteiger partial charge is 0.396 e. The minimum atomic E-state index is 0.311. The Morgan fingerprint density at radius 3 is 2.64 bits per heavy atom. The van der Waals surface area contributed by atoms with Crippen LogP contribution in [0, 0.1) is 0 Å². The molecule has 0 radical (unpaired) electrons. The molecule has 0 aromatic rings. The number of nitrogens with two attached hydrogens (primary N) is 1. The fourth-order valence-corrected chi connectivity index (χ4v) is 1.37. The van der Waals surface area contributed by atoms with Gasteiger partial charge in [0.1, 0.15) is 0 Å². The molecule has 4 N–H and O–H groups in total. The predicted molar refractivity (Wildman–Crippen MR) is 45.3 cm³/mol. The Morgan fingerprint density at radius 1 is 1.36 bits per heavy atom. The molecule has 1 aliphatic carbocycles. The summed E-state index contributed by atoms with van der Waals surface area (Å²) in [6, 6.07) is 1.09. The third-order valence-corrected chi connectivity index (χ3v) is 2.19. The molecule has 11 heavy (non-hydrogen) atoms. The van der Waals surface area contributed by atoms with Crippen molar-refractivity contribution in [3.8, 4) is 0 Å². The molecule has 1 rings (SSSR count). The number of aliphatic hydroxyl groups excluding tert-OH is 1. The summed E-state index contributed by atoms with van der Waals surface area (Å²) in [5.74, 6) is 0. The van der Waals surface area contributed by atoms with Crippen molar-refractivity contribution < 1.29 is 5.11 Å². The van der Waals surface area contributed by atoms with Gasteiger partial charge in [0, 0.05) is 18.7 Å². The summed E-state index contributed by atoms with van der Waals surface area (Å²) in [5.41, 5.74) is 5.62. The molecule has 3 nitrogen and oxygen atoms in total. The lowest BCUT2D eigenvalue weighted by atomic mass is 9.87. The molecule has 1 aliphatic rings. The van der Waals surface area contributed by atoms with Gasteiger partial charge in [0.25, 0.3) is 0 Å². The summed E-state index contributed by atoms with van der Waals surface area (Å²) in [4.78, 5) is 0. The zero-order chi connectivity index (χ0) is 8.10. The Kier molecular flexibility index (Phi) is 3.83. The average Bonchev–Trinajstić information content (AvgIpc) is 1.94. The second-order valence-corrected chi connectivity index (χ2v) is 3.31. The summed E-state index contributed by atoms with van der Waals surface area (Å²) in [7, 11) is 0. The number of aliphatic hydroxyl groups is 1. The van der Waals surface area contributed by atoms with Gasteiger partial charge in [-0.25, -0.2) is 0 Å². The molecule has 0 bridgehead atoms. The van der Waals surface area contributed by atoms with Crippen LogP contribution in [0.1, 0.15) is 25.7 Å². The fraction of sp³-hybridized carbons (Fsp3) is 1.00. The number of hydrogen-bond donors (Lipinski definition) is 3. The first-order chi connectivity index (χ1) is 5.33. The molecule has 0 unspecified atom stereocenters. The Morgan fingerprint density at radius 2 is 2.09 bits per heavy atom.